The van der Waals surface area contributed by atoms with Gasteiger partial charge in [0.2, 0.25) is 11.4 Å². The number of thiol groups is 1. The van der Waals surface area contributed by atoms with Crippen molar-refractivity contribution in [3.8, 4) is 0 Å². The number of carbonyl (C=O) groups excluding carboxylic acids is 3. The van der Waals surface area contributed by atoms with Gasteiger partial charge >= 0.3 is 0 Å². The van der Waals surface area contributed by atoms with Crippen LogP contribution in [0.25, 0.3) is 0 Å². The Morgan fingerprint density at radius 1 is 0.968 bits per heavy atom. The van der Waals surface area contributed by atoms with Crippen molar-refractivity contribution in [1.29, 1.82) is 0 Å². The average Bonchev–Trinajstić information content (AvgIpc) is 2.80. The highest BCUT2D eigenvalue weighted by molar-refractivity contribution is 7.81. The Bertz CT molecular complexity index is 970. The largest absolute Gasteiger partial charge is 0.377 e. The Kier molecular flexibility index (Phi) is 7.00. The molecule has 1 aliphatic heterocycles. The SMILES string of the molecule is O=C(Cc1ccccc1)[C@H]1O[C@H](O)[C@@](O)(C(=O)c2ccccc2)[C@](O)(C(=O)CCl)[C@H]1S. The molecule has 7 nitrogen and oxygen atoms in total. The number of ketones is 3. The summed E-state index contributed by atoms with van der Waals surface area (Å²) in [6.07, 6.45) is -4.14. The van der Waals surface area contributed by atoms with Crippen molar-refractivity contribution in [3.63, 3.8) is 0 Å². The first-order chi connectivity index (χ1) is 14.7. The Hall–Kier alpha value is -2.07. The average molecular weight is 465 g/mol. The van der Waals surface area contributed by atoms with Crippen LogP contribution < -0.4 is 0 Å². The summed E-state index contributed by atoms with van der Waals surface area (Å²) < 4.78 is 5.28. The van der Waals surface area contributed by atoms with E-state index in [0.717, 1.165) is 0 Å². The number of alkyl halides is 1. The fraction of sp³-hybridized carbons (Fsp3) is 0.318. The van der Waals surface area contributed by atoms with Crippen molar-refractivity contribution in [2.75, 3.05) is 5.88 Å². The Morgan fingerprint density at radius 3 is 2.06 bits per heavy atom. The highest BCUT2D eigenvalue weighted by Crippen LogP contribution is 2.43. The third kappa shape index (κ3) is 3.95. The molecular formula is C22H21ClO7S. The molecular weight excluding hydrogens is 444 g/mol. The summed E-state index contributed by atoms with van der Waals surface area (Å²) in [5.74, 6) is -3.76. The zero-order valence-electron chi connectivity index (χ0n) is 16.2. The van der Waals surface area contributed by atoms with Crippen LogP contribution in [0, 0.1) is 0 Å². The van der Waals surface area contributed by atoms with Gasteiger partial charge in [0.1, 0.15) is 6.10 Å². The van der Waals surface area contributed by atoms with Crippen LogP contribution in [-0.4, -0.2) is 67.4 Å². The number of Topliss-reactive ketones (excluding diaryl/α,β-unsaturated/α-hetero) is 3. The lowest BCUT2D eigenvalue weighted by Gasteiger charge is -2.51. The number of halogens is 1. The van der Waals surface area contributed by atoms with Gasteiger partial charge in [0, 0.05) is 12.0 Å². The third-order valence-corrected chi connectivity index (χ3v) is 6.28. The first-order valence-corrected chi connectivity index (χ1v) is 10.4. The van der Waals surface area contributed by atoms with E-state index in [-0.39, 0.29) is 12.0 Å². The summed E-state index contributed by atoms with van der Waals surface area (Å²) in [4.78, 5) is 38.7. The molecule has 0 amide bonds. The van der Waals surface area contributed by atoms with Crippen LogP contribution in [0.4, 0.5) is 0 Å². The molecule has 1 saturated heterocycles. The van der Waals surface area contributed by atoms with Gasteiger partial charge in [-0.1, -0.05) is 60.7 Å². The minimum Gasteiger partial charge on any atom is -0.377 e. The lowest BCUT2D eigenvalue weighted by Crippen LogP contribution is -2.79. The van der Waals surface area contributed by atoms with Gasteiger partial charge < -0.3 is 20.1 Å². The number of benzene rings is 2. The first-order valence-electron chi connectivity index (χ1n) is 9.40. The molecule has 0 aromatic heterocycles. The lowest BCUT2D eigenvalue weighted by atomic mass is 9.69. The summed E-state index contributed by atoms with van der Waals surface area (Å²) in [5.41, 5.74) is -5.61. The van der Waals surface area contributed by atoms with E-state index in [4.69, 9.17) is 16.3 Å². The number of aliphatic hydroxyl groups excluding tert-OH is 1. The van der Waals surface area contributed by atoms with E-state index in [1.54, 1.807) is 36.4 Å². The van der Waals surface area contributed by atoms with Gasteiger partial charge in [0.25, 0.3) is 0 Å². The minimum absolute atomic E-state index is 0.0944. The van der Waals surface area contributed by atoms with Gasteiger partial charge in [-0.3, -0.25) is 14.4 Å². The third-order valence-electron chi connectivity index (χ3n) is 5.40. The second kappa shape index (κ2) is 9.20. The van der Waals surface area contributed by atoms with Crippen LogP contribution in [0.1, 0.15) is 15.9 Å². The molecule has 1 fully saturated rings. The van der Waals surface area contributed by atoms with E-state index in [0.29, 0.717) is 5.56 Å². The Labute approximate surface area is 189 Å². The predicted molar refractivity (Wildman–Crippen MR) is 115 cm³/mol. The maximum absolute atomic E-state index is 13.1. The van der Waals surface area contributed by atoms with E-state index in [1.165, 1.54) is 24.3 Å². The zero-order valence-corrected chi connectivity index (χ0v) is 17.9. The van der Waals surface area contributed by atoms with Crippen LogP contribution in [-0.2, 0) is 20.7 Å². The maximum atomic E-state index is 13.1. The van der Waals surface area contributed by atoms with Gasteiger partial charge in [0.15, 0.2) is 23.5 Å². The van der Waals surface area contributed by atoms with Gasteiger partial charge in [-0.25, -0.2) is 0 Å². The maximum Gasteiger partial charge on any atom is 0.215 e. The van der Waals surface area contributed by atoms with Gasteiger partial charge in [-0.05, 0) is 5.56 Å². The molecule has 5 atom stereocenters. The van der Waals surface area contributed by atoms with Crippen LogP contribution in [0.2, 0.25) is 0 Å². The molecule has 3 N–H and O–H groups in total. The van der Waals surface area contributed by atoms with E-state index < -0.39 is 52.1 Å². The molecule has 164 valence electrons. The van der Waals surface area contributed by atoms with E-state index in [2.05, 4.69) is 12.6 Å². The van der Waals surface area contributed by atoms with Crippen LogP contribution in [0.5, 0.6) is 0 Å². The van der Waals surface area contributed by atoms with Crippen LogP contribution in [0.15, 0.2) is 60.7 Å². The standard InChI is InChI=1S/C22H21ClO7S/c23-12-16(25)21(28)19(31)17(15(24)11-13-7-3-1-4-8-13)30-20(27)22(21,29)18(26)14-9-5-2-6-10-14/h1-10,17,19-20,27-29,31H,11-12H2/t17-,19+,20+,21+,22+/m1/s1. The lowest BCUT2D eigenvalue weighted by molar-refractivity contribution is -0.290. The van der Waals surface area contributed by atoms with Crippen molar-refractivity contribution in [2.24, 2.45) is 0 Å². The normalized spacial score (nSPS) is 30.5. The molecule has 0 spiro atoms. The fourth-order valence-corrected chi connectivity index (χ4v) is 4.45. The molecule has 2 aromatic carbocycles. The molecule has 1 heterocycles. The van der Waals surface area contributed by atoms with Gasteiger partial charge in [-0.2, -0.15) is 12.6 Å². The molecule has 2 aromatic rings. The molecule has 0 unspecified atom stereocenters. The number of carbonyl (C=O) groups is 3. The summed E-state index contributed by atoms with van der Waals surface area (Å²) in [7, 11) is 0. The Morgan fingerprint density at radius 2 is 1.52 bits per heavy atom. The second-order valence-electron chi connectivity index (χ2n) is 7.27. The number of aliphatic hydroxyl groups is 3. The second-order valence-corrected chi connectivity index (χ2v) is 8.09. The smallest absolute Gasteiger partial charge is 0.215 e. The van der Waals surface area contributed by atoms with Gasteiger partial charge in [0.05, 0.1) is 11.1 Å². The first kappa shape index (κ1) is 23.6. The predicted octanol–water partition coefficient (Wildman–Crippen LogP) is 0.967. The van der Waals surface area contributed by atoms with Crippen LogP contribution in [0.3, 0.4) is 0 Å². The van der Waals surface area contributed by atoms with Crippen molar-refractivity contribution in [1.82, 2.24) is 0 Å². The molecule has 0 radical (unpaired) electrons. The number of rotatable bonds is 7. The fourth-order valence-electron chi connectivity index (χ4n) is 3.67. The summed E-state index contributed by atoms with van der Waals surface area (Å²) >= 11 is 9.85. The number of ether oxygens (including phenoxy) is 1. The molecule has 0 saturated carbocycles. The summed E-state index contributed by atoms with van der Waals surface area (Å²) in [5, 5.41) is 31.5. The highest BCUT2D eigenvalue weighted by Gasteiger charge is 2.71. The molecule has 9 heteroatoms. The molecule has 0 aliphatic carbocycles. The molecule has 3 rings (SSSR count). The van der Waals surface area contributed by atoms with Crippen molar-refractivity contribution < 1.29 is 34.4 Å². The Balaban J connectivity index is 2.03. The number of hydrogen-bond donors (Lipinski definition) is 4. The monoisotopic (exact) mass is 464 g/mol. The molecule has 0 bridgehead atoms. The molecule has 31 heavy (non-hydrogen) atoms. The van der Waals surface area contributed by atoms with E-state index in [9.17, 15) is 29.7 Å². The minimum atomic E-state index is -3.14. The van der Waals surface area contributed by atoms with E-state index in [1.807, 2.05) is 0 Å². The van der Waals surface area contributed by atoms with Gasteiger partial charge in [-0.15, -0.1) is 11.6 Å². The quantitative estimate of drug-likeness (QED) is 0.273. The van der Waals surface area contributed by atoms with Crippen molar-refractivity contribution in [2.45, 2.75) is 35.3 Å². The van der Waals surface area contributed by atoms with E-state index >= 15 is 0 Å². The van der Waals surface area contributed by atoms with Crippen LogP contribution >= 0.6 is 24.2 Å². The summed E-state index contributed by atoms with van der Waals surface area (Å²) in [6.45, 7) is 0. The topological polar surface area (TPSA) is 121 Å². The zero-order chi connectivity index (χ0) is 22.8. The summed E-state index contributed by atoms with van der Waals surface area (Å²) in [6, 6.07) is 15.9. The number of hydrogen-bond acceptors (Lipinski definition) is 8. The molecule has 1 aliphatic rings. The highest BCUT2D eigenvalue weighted by atomic mass is 35.5. The van der Waals surface area contributed by atoms with Crippen molar-refractivity contribution >= 4 is 41.6 Å². The van der Waals surface area contributed by atoms with Crippen molar-refractivity contribution in [3.05, 3.63) is 71.8 Å².